The van der Waals surface area contributed by atoms with Gasteiger partial charge in [0.2, 0.25) is 0 Å². The predicted molar refractivity (Wildman–Crippen MR) is 74.9 cm³/mol. The van der Waals surface area contributed by atoms with Crippen LogP contribution in [0.2, 0.25) is 0 Å². The molecule has 0 aromatic carbocycles. The van der Waals surface area contributed by atoms with Crippen LogP contribution in [0.4, 0.5) is 11.5 Å². The fourth-order valence-electron chi connectivity index (χ4n) is 2.37. The van der Waals surface area contributed by atoms with Crippen molar-refractivity contribution in [1.29, 1.82) is 0 Å². The van der Waals surface area contributed by atoms with Crippen molar-refractivity contribution in [3.05, 3.63) is 20.8 Å². The van der Waals surface area contributed by atoms with Crippen molar-refractivity contribution in [1.82, 2.24) is 9.55 Å². The molecule has 0 aliphatic carbocycles. The molecule has 0 atom stereocenters. The summed E-state index contributed by atoms with van der Waals surface area (Å²) in [6.45, 7) is 2.97. The van der Waals surface area contributed by atoms with Gasteiger partial charge in [0.1, 0.15) is 11.5 Å². The van der Waals surface area contributed by atoms with Crippen molar-refractivity contribution in [2.75, 3.05) is 30.9 Å². The molecule has 8 heteroatoms. The van der Waals surface area contributed by atoms with Gasteiger partial charge in [-0.3, -0.25) is 14.3 Å². The number of aliphatic hydroxyl groups is 1. The molecule has 0 amide bonds. The normalized spacial score (nSPS) is 17.9. The molecule has 0 saturated carbocycles. The summed E-state index contributed by atoms with van der Waals surface area (Å²) in [5.74, 6) is 0.0839. The fourth-order valence-corrected chi connectivity index (χ4v) is 2.37. The molecular formula is C12H20N4O4. The van der Waals surface area contributed by atoms with E-state index in [1.54, 1.807) is 6.92 Å². The van der Waals surface area contributed by atoms with Gasteiger partial charge in [0.15, 0.2) is 0 Å². The van der Waals surface area contributed by atoms with Crippen molar-refractivity contribution in [2.24, 2.45) is 0 Å². The molecule has 1 fully saturated rings. The number of hydrogen-bond acceptors (Lipinski definition) is 6. The number of hydrogen-bond donors (Lipinski definition) is 4. The van der Waals surface area contributed by atoms with E-state index in [0.29, 0.717) is 32.6 Å². The summed E-state index contributed by atoms with van der Waals surface area (Å²) in [6, 6.07) is 0. The predicted octanol–water partition coefficient (Wildman–Crippen LogP) is -0.908. The van der Waals surface area contributed by atoms with E-state index in [9.17, 15) is 14.7 Å². The van der Waals surface area contributed by atoms with Crippen LogP contribution in [0, 0.1) is 0 Å². The Morgan fingerprint density at radius 2 is 2.10 bits per heavy atom. The summed E-state index contributed by atoms with van der Waals surface area (Å²) in [7, 11) is 0. The topological polar surface area (TPSA) is 122 Å². The molecule has 0 unspecified atom stereocenters. The Morgan fingerprint density at radius 1 is 1.45 bits per heavy atom. The number of nitrogen functional groups attached to an aromatic ring is 1. The van der Waals surface area contributed by atoms with E-state index < -0.39 is 16.8 Å². The summed E-state index contributed by atoms with van der Waals surface area (Å²) >= 11 is 0. The zero-order chi connectivity index (χ0) is 14.8. The fraction of sp³-hybridized carbons (Fsp3) is 0.667. The van der Waals surface area contributed by atoms with Crippen molar-refractivity contribution >= 4 is 11.5 Å². The molecule has 112 valence electrons. The summed E-state index contributed by atoms with van der Waals surface area (Å²) in [5, 5.41) is 12.7. The van der Waals surface area contributed by atoms with Gasteiger partial charge in [0.25, 0.3) is 5.56 Å². The third-order valence-corrected chi connectivity index (χ3v) is 3.70. The highest BCUT2D eigenvalue weighted by Crippen LogP contribution is 2.26. The van der Waals surface area contributed by atoms with Gasteiger partial charge in [0.05, 0.1) is 12.1 Å². The van der Waals surface area contributed by atoms with Crippen molar-refractivity contribution in [3.8, 4) is 0 Å². The van der Waals surface area contributed by atoms with E-state index in [-0.39, 0.29) is 18.1 Å². The number of rotatable bonds is 4. The second-order valence-corrected chi connectivity index (χ2v) is 4.94. The number of ether oxygens (including phenoxy) is 1. The van der Waals surface area contributed by atoms with E-state index in [1.165, 1.54) is 4.57 Å². The number of nitrogens with two attached hydrogens (primary N) is 1. The minimum Gasteiger partial charge on any atom is -0.394 e. The molecule has 2 heterocycles. The molecule has 1 saturated heterocycles. The van der Waals surface area contributed by atoms with E-state index >= 15 is 0 Å². The van der Waals surface area contributed by atoms with Crippen molar-refractivity contribution < 1.29 is 9.84 Å². The number of nitrogens with zero attached hydrogens (tertiary/aromatic N) is 1. The standard InChI is InChI=1S/C12H20N4O4/c1-2-16-9(13)8(10(18)14-11(16)19)15-12(7-17)3-5-20-6-4-12/h15,17H,2-7,13H2,1H3,(H,14,18,19). The highest BCUT2D eigenvalue weighted by Gasteiger charge is 2.33. The molecule has 0 radical (unpaired) electrons. The van der Waals surface area contributed by atoms with Crippen molar-refractivity contribution in [3.63, 3.8) is 0 Å². The average molecular weight is 284 g/mol. The molecule has 1 aliphatic heterocycles. The first-order valence-corrected chi connectivity index (χ1v) is 6.62. The number of anilines is 2. The van der Waals surface area contributed by atoms with Crippen LogP contribution in [0.1, 0.15) is 19.8 Å². The maximum Gasteiger partial charge on any atom is 0.330 e. The first-order chi connectivity index (χ1) is 9.53. The van der Waals surface area contributed by atoms with Crippen LogP contribution in [0.3, 0.4) is 0 Å². The minimum absolute atomic E-state index is 0.0839. The molecule has 0 bridgehead atoms. The van der Waals surface area contributed by atoms with Crippen LogP contribution in [-0.2, 0) is 11.3 Å². The quantitative estimate of drug-likeness (QED) is 0.568. The molecule has 1 aliphatic rings. The Balaban J connectivity index is 2.42. The van der Waals surface area contributed by atoms with E-state index in [1.807, 2.05) is 0 Å². The summed E-state index contributed by atoms with van der Waals surface area (Å²) in [5.41, 5.74) is 4.27. The van der Waals surface area contributed by atoms with Gasteiger partial charge < -0.3 is 20.9 Å². The Bertz CT molecular complexity index is 586. The van der Waals surface area contributed by atoms with Crippen LogP contribution >= 0.6 is 0 Å². The SMILES string of the molecule is CCn1c(N)c(NC2(CO)CCOCC2)c(=O)[nH]c1=O. The number of aromatic nitrogens is 2. The lowest BCUT2D eigenvalue weighted by molar-refractivity contribution is 0.0379. The third-order valence-electron chi connectivity index (χ3n) is 3.70. The molecule has 20 heavy (non-hydrogen) atoms. The number of H-pyrrole nitrogens is 1. The van der Waals surface area contributed by atoms with Crippen molar-refractivity contribution in [2.45, 2.75) is 31.8 Å². The number of aliphatic hydroxyl groups excluding tert-OH is 1. The van der Waals surface area contributed by atoms with E-state index in [4.69, 9.17) is 10.5 Å². The van der Waals surface area contributed by atoms with Gasteiger partial charge in [-0.15, -0.1) is 0 Å². The smallest absolute Gasteiger partial charge is 0.330 e. The maximum atomic E-state index is 11.9. The summed E-state index contributed by atoms with van der Waals surface area (Å²) in [4.78, 5) is 25.8. The highest BCUT2D eigenvalue weighted by atomic mass is 16.5. The second-order valence-electron chi connectivity index (χ2n) is 4.94. The van der Waals surface area contributed by atoms with Crippen LogP contribution in [-0.4, -0.2) is 40.0 Å². The Morgan fingerprint density at radius 3 is 2.65 bits per heavy atom. The number of aromatic amines is 1. The van der Waals surface area contributed by atoms with Crippen LogP contribution in [0.5, 0.6) is 0 Å². The minimum atomic E-state index is -0.644. The second kappa shape index (κ2) is 5.68. The van der Waals surface area contributed by atoms with Gasteiger partial charge in [-0.2, -0.15) is 0 Å². The lowest BCUT2D eigenvalue weighted by atomic mass is 9.91. The Kier molecular flexibility index (Phi) is 4.15. The van der Waals surface area contributed by atoms with Gasteiger partial charge in [-0.25, -0.2) is 4.79 Å². The average Bonchev–Trinajstić information content (AvgIpc) is 2.45. The zero-order valence-electron chi connectivity index (χ0n) is 11.4. The molecule has 1 aromatic rings. The van der Waals surface area contributed by atoms with Gasteiger partial charge in [0, 0.05) is 19.8 Å². The van der Waals surface area contributed by atoms with Crippen LogP contribution in [0.15, 0.2) is 9.59 Å². The Hall–Kier alpha value is -1.80. The lowest BCUT2D eigenvalue weighted by Crippen LogP contribution is -2.49. The van der Waals surface area contributed by atoms with E-state index in [2.05, 4.69) is 10.3 Å². The third kappa shape index (κ3) is 2.56. The monoisotopic (exact) mass is 284 g/mol. The number of nitrogens with one attached hydrogen (secondary N) is 2. The Labute approximate surface area is 115 Å². The molecule has 2 rings (SSSR count). The molecular weight excluding hydrogens is 264 g/mol. The highest BCUT2D eigenvalue weighted by molar-refractivity contribution is 5.61. The van der Waals surface area contributed by atoms with Crippen LogP contribution < -0.4 is 22.3 Å². The van der Waals surface area contributed by atoms with Gasteiger partial charge in [-0.05, 0) is 19.8 Å². The van der Waals surface area contributed by atoms with Gasteiger partial charge in [-0.1, -0.05) is 0 Å². The molecule has 1 aromatic heterocycles. The van der Waals surface area contributed by atoms with Crippen LogP contribution in [0.25, 0.3) is 0 Å². The molecule has 0 spiro atoms. The van der Waals surface area contributed by atoms with Gasteiger partial charge >= 0.3 is 5.69 Å². The zero-order valence-corrected chi connectivity index (χ0v) is 11.4. The summed E-state index contributed by atoms with van der Waals surface area (Å²) < 4.78 is 6.54. The first-order valence-electron chi connectivity index (χ1n) is 6.62. The first kappa shape index (κ1) is 14.6. The molecule has 8 nitrogen and oxygen atoms in total. The van der Waals surface area contributed by atoms with E-state index in [0.717, 1.165) is 0 Å². The maximum absolute atomic E-state index is 11.9. The summed E-state index contributed by atoms with van der Waals surface area (Å²) in [6.07, 6.45) is 1.13. The molecule has 5 N–H and O–H groups in total. The largest absolute Gasteiger partial charge is 0.394 e. The lowest BCUT2D eigenvalue weighted by Gasteiger charge is -2.37.